The van der Waals surface area contributed by atoms with Crippen LogP contribution in [-0.4, -0.2) is 38.3 Å². The van der Waals surface area contributed by atoms with Crippen molar-refractivity contribution in [2.24, 2.45) is 18.9 Å². The van der Waals surface area contributed by atoms with Crippen molar-refractivity contribution >= 4 is 22.7 Å². The Morgan fingerprint density at radius 2 is 1.37 bits per heavy atom. The number of hydrogen-bond acceptors (Lipinski definition) is 6. The molecule has 0 amide bonds. The van der Waals surface area contributed by atoms with Crippen molar-refractivity contribution in [3.8, 4) is 0 Å². The molecule has 7 nitrogen and oxygen atoms in total. The first-order valence-corrected chi connectivity index (χ1v) is 14.6. The molecule has 4 aromatic rings. The Kier molecular flexibility index (Phi) is 8.03. The molecule has 2 aromatic carbocycles. The zero-order chi connectivity index (χ0) is 33.0. The van der Waals surface area contributed by atoms with Crippen LogP contribution < -0.4 is 9.80 Å². The lowest BCUT2D eigenvalue weighted by Crippen LogP contribution is -2.32. The van der Waals surface area contributed by atoms with E-state index in [0.717, 1.165) is 36.5 Å². The van der Waals surface area contributed by atoms with Crippen LogP contribution in [0.5, 0.6) is 0 Å². The number of anilines is 2. The molecule has 0 unspecified atom stereocenters. The van der Waals surface area contributed by atoms with Crippen molar-refractivity contribution in [3.63, 3.8) is 0 Å². The van der Waals surface area contributed by atoms with Crippen molar-refractivity contribution in [2.75, 3.05) is 22.9 Å². The van der Waals surface area contributed by atoms with E-state index in [1.54, 1.807) is 0 Å². The second kappa shape index (κ2) is 11.6. The third kappa shape index (κ3) is 7.30. The van der Waals surface area contributed by atoms with E-state index in [-0.39, 0.29) is 40.8 Å². The van der Waals surface area contributed by atoms with Crippen LogP contribution in [0.2, 0.25) is 0 Å². The van der Waals surface area contributed by atoms with Gasteiger partial charge < -0.3 is 9.80 Å². The number of nitrogens with zero attached hydrogens (tertiary/aromatic N) is 7. The van der Waals surface area contributed by atoms with E-state index < -0.39 is 41.8 Å². The molecular weight excluding hydrogens is 629 g/mol. The topological polar surface area (TPSA) is 63.0 Å². The van der Waals surface area contributed by atoms with E-state index in [9.17, 15) is 39.5 Å². The lowest BCUT2D eigenvalue weighted by Gasteiger charge is -2.29. The van der Waals surface area contributed by atoms with Crippen LogP contribution in [0, 0.1) is 11.8 Å². The normalized spacial score (nSPS) is 15.9. The van der Waals surface area contributed by atoms with Crippen molar-refractivity contribution < 1.29 is 39.5 Å². The molecule has 2 aliphatic carbocycles. The lowest BCUT2D eigenvalue weighted by atomic mass is 10.0. The molecular formula is C30H28F9N7. The summed E-state index contributed by atoms with van der Waals surface area (Å²) in [5.74, 6) is 0.854. The van der Waals surface area contributed by atoms with Gasteiger partial charge in [0.05, 0.1) is 29.3 Å². The predicted molar refractivity (Wildman–Crippen MR) is 150 cm³/mol. The summed E-state index contributed by atoms with van der Waals surface area (Å²) in [6, 6.07) is 6.52. The Morgan fingerprint density at radius 1 is 0.761 bits per heavy atom. The number of hydrogen-bond donors (Lipinski definition) is 0. The predicted octanol–water partition coefficient (Wildman–Crippen LogP) is 7.65. The molecule has 246 valence electrons. The summed E-state index contributed by atoms with van der Waals surface area (Å²) in [5, 5.41) is 12.0. The average Bonchev–Trinajstić information content (AvgIpc) is 3.90. The zero-order valence-electron chi connectivity index (χ0n) is 24.4. The number of halogens is 9. The highest BCUT2D eigenvalue weighted by atomic mass is 19.4. The molecule has 0 saturated heterocycles. The molecule has 0 bridgehead atoms. The van der Waals surface area contributed by atoms with Crippen molar-refractivity contribution in [2.45, 2.75) is 57.3 Å². The first-order chi connectivity index (χ1) is 21.5. The van der Waals surface area contributed by atoms with Crippen LogP contribution in [0.4, 0.5) is 51.3 Å². The van der Waals surface area contributed by atoms with Crippen LogP contribution >= 0.6 is 0 Å². The van der Waals surface area contributed by atoms with Crippen LogP contribution in [0.1, 0.15) is 53.5 Å². The fourth-order valence-corrected chi connectivity index (χ4v) is 5.46. The highest BCUT2D eigenvalue weighted by Gasteiger charge is 2.38. The SMILES string of the molecule is Cn1nnc(N(Cc2cc(C(F)(F)F)cc(C(F)(F)F)c2)Cc2cc3cccc(C(F)(F)F)c3nc2N(CC2CC2)CC2CC2)n1. The van der Waals surface area contributed by atoms with E-state index in [2.05, 4.69) is 20.4 Å². The van der Waals surface area contributed by atoms with E-state index in [1.807, 2.05) is 4.90 Å². The summed E-state index contributed by atoms with van der Waals surface area (Å²) in [5.41, 5.74) is -4.01. The van der Waals surface area contributed by atoms with Gasteiger partial charge >= 0.3 is 18.5 Å². The van der Waals surface area contributed by atoms with Gasteiger partial charge in [-0.25, -0.2) is 4.98 Å². The number of benzene rings is 2. The zero-order valence-corrected chi connectivity index (χ0v) is 24.4. The molecule has 0 spiro atoms. The van der Waals surface area contributed by atoms with Crippen LogP contribution in [-0.2, 0) is 38.7 Å². The molecule has 6 rings (SSSR count). The van der Waals surface area contributed by atoms with Crippen LogP contribution in [0.25, 0.3) is 10.9 Å². The number of aryl methyl sites for hydroxylation is 1. The number of pyridine rings is 1. The summed E-state index contributed by atoms with van der Waals surface area (Å²) in [4.78, 5) is 8.96. The average molecular weight is 658 g/mol. The second-order valence-electron chi connectivity index (χ2n) is 12.0. The smallest absolute Gasteiger partial charge is 0.356 e. The second-order valence-corrected chi connectivity index (χ2v) is 12.0. The highest BCUT2D eigenvalue weighted by Crippen LogP contribution is 2.41. The van der Waals surface area contributed by atoms with Gasteiger partial charge in [-0.1, -0.05) is 17.2 Å². The first-order valence-electron chi connectivity index (χ1n) is 14.6. The molecule has 0 atom stereocenters. The van der Waals surface area contributed by atoms with Gasteiger partial charge in [0.2, 0.25) is 0 Å². The minimum absolute atomic E-state index is 0.0473. The third-order valence-corrected chi connectivity index (χ3v) is 8.02. The Bertz CT molecular complexity index is 1670. The minimum atomic E-state index is -5.05. The van der Waals surface area contributed by atoms with Gasteiger partial charge in [-0.2, -0.15) is 44.3 Å². The molecule has 2 aliphatic rings. The molecule has 0 aliphatic heterocycles. The number of aromatic nitrogens is 5. The maximum atomic E-state index is 14.1. The Morgan fingerprint density at radius 3 is 1.87 bits per heavy atom. The van der Waals surface area contributed by atoms with Crippen molar-refractivity contribution in [3.05, 3.63) is 70.3 Å². The largest absolute Gasteiger partial charge is 0.418 e. The maximum absolute atomic E-state index is 14.1. The summed E-state index contributed by atoms with van der Waals surface area (Å²) in [6.07, 6.45) is -10.9. The fraction of sp³-hybridized carbons (Fsp3) is 0.467. The third-order valence-electron chi connectivity index (χ3n) is 8.02. The number of para-hydroxylation sites is 1. The lowest BCUT2D eigenvalue weighted by molar-refractivity contribution is -0.143. The summed E-state index contributed by atoms with van der Waals surface area (Å²) in [7, 11) is 1.44. The molecule has 0 radical (unpaired) electrons. The molecule has 2 heterocycles. The fourth-order valence-electron chi connectivity index (χ4n) is 5.46. The van der Waals surface area contributed by atoms with Gasteiger partial charge in [0.1, 0.15) is 5.82 Å². The van der Waals surface area contributed by atoms with E-state index in [1.165, 1.54) is 30.1 Å². The Labute approximate surface area is 257 Å². The molecule has 46 heavy (non-hydrogen) atoms. The number of tetrazole rings is 1. The Hall–Kier alpha value is -4.11. The van der Waals surface area contributed by atoms with E-state index >= 15 is 0 Å². The summed E-state index contributed by atoms with van der Waals surface area (Å²) < 4.78 is 124. The van der Waals surface area contributed by atoms with E-state index in [0.29, 0.717) is 42.6 Å². The molecule has 2 aromatic heterocycles. The Balaban J connectivity index is 1.47. The maximum Gasteiger partial charge on any atom is 0.418 e. The molecule has 2 saturated carbocycles. The highest BCUT2D eigenvalue weighted by molar-refractivity contribution is 5.85. The van der Waals surface area contributed by atoms with Crippen molar-refractivity contribution in [1.82, 2.24) is 25.2 Å². The summed E-state index contributed by atoms with van der Waals surface area (Å²) >= 11 is 0. The van der Waals surface area contributed by atoms with E-state index in [4.69, 9.17) is 0 Å². The molecule has 0 N–H and O–H groups in total. The minimum Gasteiger partial charge on any atom is -0.356 e. The van der Waals surface area contributed by atoms with Gasteiger partial charge in [0.15, 0.2) is 0 Å². The molecule has 2 fully saturated rings. The first kappa shape index (κ1) is 31.9. The van der Waals surface area contributed by atoms with Crippen molar-refractivity contribution in [1.29, 1.82) is 0 Å². The van der Waals surface area contributed by atoms with Gasteiger partial charge in [0.25, 0.3) is 5.95 Å². The number of fused-ring (bicyclic) bond motifs is 1. The monoisotopic (exact) mass is 657 g/mol. The van der Waals surface area contributed by atoms with Gasteiger partial charge in [-0.3, -0.25) is 0 Å². The van der Waals surface area contributed by atoms with Gasteiger partial charge in [0, 0.05) is 37.1 Å². The van der Waals surface area contributed by atoms with Crippen LogP contribution in [0.15, 0.2) is 42.5 Å². The standard InChI is InChI=1S/C30H28F9N7/c1-44-42-27(41-43-44)46(15-19-9-22(28(31,32)33)12-23(10-19)29(34,35)36)16-21-11-20-3-2-4-24(30(37,38)39)25(20)40-26(21)45(13-17-5-6-17)14-18-7-8-18/h2-4,9-12,17-18H,5-8,13-16H2,1H3. The summed E-state index contributed by atoms with van der Waals surface area (Å²) in [6.45, 7) is 0.429. The van der Waals surface area contributed by atoms with Gasteiger partial charge in [-0.15, -0.1) is 5.10 Å². The molecule has 16 heteroatoms. The number of alkyl halides is 9. The van der Waals surface area contributed by atoms with Crippen LogP contribution in [0.3, 0.4) is 0 Å². The van der Waals surface area contributed by atoms with Gasteiger partial charge in [-0.05, 0) is 78.6 Å². The number of rotatable bonds is 10. The quantitative estimate of drug-likeness (QED) is 0.163.